The molecule has 80 valence electrons. The van der Waals surface area contributed by atoms with Crippen molar-refractivity contribution in [3.8, 4) is 0 Å². The zero-order chi connectivity index (χ0) is 10.7. The number of anilines is 1. The lowest BCUT2D eigenvalue weighted by molar-refractivity contribution is -0.117. The van der Waals surface area contributed by atoms with Crippen LogP contribution < -0.4 is 10.6 Å². The smallest absolute Gasteiger partial charge is 0.242 e. The Morgan fingerprint density at radius 3 is 3.13 bits per heavy atom. The van der Waals surface area contributed by atoms with E-state index in [9.17, 15) is 4.79 Å². The first-order chi connectivity index (χ1) is 7.25. The second kappa shape index (κ2) is 5.01. The molecule has 0 spiro atoms. The number of halogens is 1. The summed E-state index contributed by atoms with van der Waals surface area (Å²) in [7, 11) is 0. The van der Waals surface area contributed by atoms with Gasteiger partial charge < -0.3 is 5.32 Å². The van der Waals surface area contributed by atoms with Crippen LogP contribution in [0.15, 0.2) is 28.7 Å². The number of hydrogen-bond donors (Lipinski definition) is 2. The average Bonchev–Trinajstić information content (AvgIpc) is 2.70. The van der Waals surface area contributed by atoms with E-state index < -0.39 is 0 Å². The van der Waals surface area contributed by atoms with Gasteiger partial charge in [0, 0.05) is 21.8 Å². The van der Waals surface area contributed by atoms with Crippen molar-refractivity contribution < 1.29 is 4.79 Å². The number of hydrogen-bond acceptors (Lipinski definition) is 3. The quantitative estimate of drug-likeness (QED) is 0.874. The van der Waals surface area contributed by atoms with Gasteiger partial charge in [-0.15, -0.1) is 11.8 Å². The van der Waals surface area contributed by atoms with Gasteiger partial charge in [0.25, 0.3) is 0 Å². The largest absolute Gasteiger partial charge is 0.325 e. The van der Waals surface area contributed by atoms with Crippen LogP contribution >= 0.6 is 27.7 Å². The number of rotatable bonds is 2. The molecule has 1 aliphatic rings. The fraction of sp³-hybridized carbons (Fsp3) is 0.300. The molecule has 1 fully saturated rings. The van der Waals surface area contributed by atoms with Crippen LogP contribution in [0.1, 0.15) is 0 Å². The summed E-state index contributed by atoms with van der Waals surface area (Å²) in [5, 5.41) is 6.01. The molecule has 2 N–H and O–H groups in total. The van der Waals surface area contributed by atoms with Crippen LogP contribution in [0.2, 0.25) is 0 Å². The molecule has 3 nitrogen and oxygen atoms in total. The molecule has 0 radical (unpaired) electrons. The number of thioether (sulfide) groups is 1. The van der Waals surface area contributed by atoms with Gasteiger partial charge in [0.2, 0.25) is 5.91 Å². The number of amides is 1. The lowest BCUT2D eigenvalue weighted by atomic mass is 10.3. The summed E-state index contributed by atoms with van der Waals surface area (Å²) >= 11 is 5.11. The van der Waals surface area contributed by atoms with Crippen LogP contribution in [0, 0.1) is 0 Å². The summed E-state index contributed by atoms with van der Waals surface area (Å²) in [4.78, 5) is 11.7. The molecule has 1 saturated heterocycles. The molecular formula is C10H11BrN2OS. The molecule has 2 rings (SSSR count). The van der Waals surface area contributed by atoms with Crippen LogP contribution in [0.4, 0.5) is 5.69 Å². The standard InChI is InChI=1S/C10H11BrN2OS/c11-7-2-1-3-8(4-7)13-10(14)9-5-15-6-12-9/h1-4,9,12H,5-6H2,(H,13,14)/t9-/m1/s1. The third kappa shape index (κ3) is 2.96. The molecule has 0 bridgehead atoms. The first kappa shape index (κ1) is 11.0. The molecule has 0 aromatic heterocycles. The van der Waals surface area contributed by atoms with Gasteiger partial charge in [-0.3, -0.25) is 10.1 Å². The van der Waals surface area contributed by atoms with E-state index in [1.165, 1.54) is 0 Å². The predicted molar refractivity (Wildman–Crippen MR) is 67.0 cm³/mol. The molecule has 0 unspecified atom stereocenters. The third-order valence-corrected chi connectivity index (χ3v) is 3.56. The Morgan fingerprint density at radius 1 is 1.60 bits per heavy atom. The molecule has 15 heavy (non-hydrogen) atoms. The minimum atomic E-state index is -0.0611. The molecular weight excluding hydrogens is 276 g/mol. The van der Waals surface area contributed by atoms with E-state index in [2.05, 4.69) is 26.6 Å². The molecule has 1 aliphatic heterocycles. The minimum Gasteiger partial charge on any atom is -0.325 e. The van der Waals surface area contributed by atoms with Crippen molar-refractivity contribution in [1.82, 2.24) is 5.32 Å². The molecule has 1 aromatic rings. The molecule has 0 saturated carbocycles. The van der Waals surface area contributed by atoms with Gasteiger partial charge in [-0.2, -0.15) is 0 Å². The number of carbonyl (C=O) groups excluding carboxylic acids is 1. The van der Waals surface area contributed by atoms with Crippen LogP contribution in [0.5, 0.6) is 0 Å². The van der Waals surface area contributed by atoms with Crippen molar-refractivity contribution in [2.75, 3.05) is 16.9 Å². The highest BCUT2D eigenvalue weighted by molar-refractivity contribution is 9.10. The Hall–Kier alpha value is -0.520. The molecule has 1 aromatic carbocycles. The maximum absolute atomic E-state index is 11.7. The van der Waals surface area contributed by atoms with E-state index >= 15 is 0 Å². The van der Waals surface area contributed by atoms with Gasteiger partial charge in [-0.25, -0.2) is 0 Å². The van der Waals surface area contributed by atoms with Crippen molar-refractivity contribution in [2.45, 2.75) is 6.04 Å². The molecule has 0 aliphatic carbocycles. The zero-order valence-electron chi connectivity index (χ0n) is 8.00. The summed E-state index contributed by atoms with van der Waals surface area (Å²) in [5.74, 6) is 1.74. The van der Waals surface area contributed by atoms with Crippen LogP contribution in [0.3, 0.4) is 0 Å². The number of nitrogens with one attached hydrogen (secondary N) is 2. The summed E-state index contributed by atoms with van der Waals surface area (Å²) in [6.45, 7) is 0. The summed E-state index contributed by atoms with van der Waals surface area (Å²) in [6, 6.07) is 7.54. The number of carbonyl (C=O) groups is 1. The van der Waals surface area contributed by atoms with Crippen LogP contribution in [-0.2, 0) is 4.79 Å². The Bertz CT molecular complexity index is 366. The highest BCUT2D eigenvalue weighted by Crippen LogP contribution is 2.17. The van der Waals surface area contributed by atoms with E-state index in [-0.39, 0.29) is 11.9 Å². The van der Waals surface area contributed by atoms with Gasteiger partial charge in [0.1, 0.15) is 0 Å². The lowest BCUT2D eigenvalue weighted by Crippen LogP contribution is -2.37. The summed E-state index contributed by atoms with van der Waals surface area (Å²) in [5.41, 5.74) is 0.827. The summed E-state index contributed by atoms with van der Waals surface area (Å²) < 4.78 is 0.967. The fourth-order valence-corrected chi connectivity index (χ4v) is 2.70. The molecule has 1 amide bonds. The van der Waals surface area contributed by atoms with Gasteiger partial charge in [0.15, 0.2) is 0 Å². The Morgan fingerprint density at radius 2 is 2.47 bits per heavy atom. The van der Waals surface area contributed by atoms with Gasteiger partial charge in [-0.1, -0.05) is 22.0 Å². The SMILES string of the molecule is O=C(Nc1cccc(Br)c1)[C@H]1CSCN1. The second-order valence-corrected chi connectivity index (χ2v) is 5.22. The fourth-order valence-electron chi connectivity index (χ4n) is 1.36. The first-order valence-corrected chi connectivity index (χ1v) is 6.58. The van der Waals surface area contributed by atoms with E-state index in [0.717, 1.165) is 21.8 Å². The van der Waals surface area contributed by atoms with E-state index in [1.807, 2.05) is 24.3 Å². The van der Waals surface area contributed by atoms with Crippen molar-refractivity contribution >= 4 is 39.3 Å². The summed E-state index contributed by atoms with van der Waals surface area (Å²) in [6.07, 6.45) is 0. The van der Waals surface area contributed by atoms with Crippen molar-refractivity contribution in [1.29, 1.82) is 0 Å². The monoisotopic (exact) mass is 286 g/mol. The second-order valence-electron chi connectivity index (χ2n) is 3.27. The maximum atomic E-state index is 11.7. The zero-order valence-corrected chi connectivity index (χ0v) is 10.4. The minimum absolute atomic E-state index is 0.0399. The van der Waals surface area contributed by atoms with E-state index in [0.29, 0.717) is 0 Å². The van der Waals surface area contributed by atoms with Gasteiger partial charge in [-0.05, 0) is 18.2 Å². The molecule has 1 heterocycles. The molecule has 5 heteroatoms. The maximum Gasteiger partial charge on any atom is 0.242 e. The van der Waals surface area contributed by atoms with Crippen molar-refractivity contribution in [2.24, 2.45) is 0 Å². The highest BCUT2D eigenvalue weighted by Gasteiger charge is 2.22. The lowest BCUT2D eigenvalue weighted by Gasteiger charge is -2.10. The first-order valence-electron chi connectivity index (χ1n) is 4.63. The Balaban J connectivity index is 1.99. The van der Waals surface area contributed by atoms with Gasteiger partial charge in [0.05, 0.1) is 6.04 Å². The molecule has 1 atom stereocenters. The predicted octanol–water partition coefficient (Wildman–Crippen LogP) is 2.05. The average molecular weight is 287 g/mol. The number of benzene rings is 1. The van der Waals surface area contributed by atoms with Crippen LogP contribution in [0.25, 0.3) is 0 Å². The van der Waals surface area contributed by atoms with Crippen molar-refractivity contribution in [3.63, 3.8) is 0 Å². The Kier molecular flexibility index (Phi) is 3.66. The Labute approximate surface area is 101 Å². The normalized spacial score (nSPS) is 20.2. The van der Waals surface area contributed by atoms with E-state index in [4.69, 9.17) is 0 Å². The van der Waals surface area contributed by atoms with Gasteiger partial charge >= 0.3 is 0 Å². The van der Waals surface area contributed by atoms with E-state index in [1.54, 1.807) is 11.8 Å². The topological polar surface area (TPSA) is 41.1 Å². The highest BCUT2D eigenvalue weighted by atomic mass is 79.9. The van der Waals surface area contributed by atoms with Crippen LogP contribution in [-0.4, -0.2) is 23.6 Å². The van der Waals surface area contributed by atoms with Crippen molar-refractivity contribution in [3.05, 3.63) is 28.7 Å². The third-order valence-electron chi connectivity index (χ3n) is 2.12.